The van der Waals surface area contributed by atoms with Crippen molar-refractivity contribution in [3.63, 3.8) is 0 Å². The average Bonchev–Trinajstić information content (AvgIpc) is 2.82. The summed E-state index contributed by atoms with van der Waals surface area (Å²) in [5.41, 5.74) is 2.36. The molecule has 18 heavy (non-hydrogen) atoms. The highest BCUT2D eigenvalue weighted by atomic mass is 16.4. The molecule has 3 rings (SSSR count). The maximum Gasteiger partial charge on any atom is 0.322 e. The van der Waals surface area contributed by atoms with E-state index in [0.717, 1.165) is 24.8 Å². The molecule has 5 heteroatoms. The van der Waals surface area contributed by atoms with Gasteiger partial charge in [0.25, 0.3) is 0 Å². The lowest BCUT2D eigenvalue weighted by Crippen LogP contribution is -2.57. The molecular weight excluding hydrogens is 230 g/mol. The van der Waals surface area contributed by atoms with Crippen LogP contribution in [0.25, 0.3) is 0 Å². The van der Waals surface area contributed by atoms with Gasteiger partial charge in [-0.1, -0.05) is 24.3 Å². The predicted octanol–water partition coefficient (Wildman–Crippen LogP) is -0.0142. The third-order valence-electron chi connectivity index (χ3n) is 3.53. The van der Waals surface area contributed by atoms with Gasteiger partial charge in [0.1, 0.15) is 12.2 Å². The molecular formula is C13H16N3O2. The number of hydrogen-bond acceptors (Lipinski definition) is 4. The zero-order valence-electron chi connectivity index (χ0n) is 10.0. The molecule has 0 bridgehead atoms. The van der Waals surface area contributed by atoms with E-state index in [1.165, 1.54) is 5.56 Å². The van der Waals surface area contributed by atoms with Crippen molar-refractivity contribution in [1.82, 2.24) is 15.5 Å². The van der Waals surface area contributed by atoms with Gasteiger partial charge in [-0.25, -0.2) is 0 Å². The van der Waals surface area contributed by atoms with E-state index < -0.39 is 12.0 Å². The van der Waals surface area contributed by atoms with E-state index >= 15 is 0 Å². The van der Waals surface area contributed by atoms with Gasteiger partial charge in [0.2, 0.25) is 0 Å². The predicted molar refractivity (Wildman–Crippen MR) is 66.6 cm³/mol. The maximum absolute atomic E-state index is 11.3. The van der Waals surface area contributed by atoms with Gasteiger partial charge in [-0.3, -0.25) is 15.0 Å². The molecule has 1 radical (unpaired) electrons. The largest absolute Gasteiger partial charge is 0.480 e. The number of carboxylic acid groups (broad SMARTS) is 1. The Morgan fingerprint density at radius 3 is 3.06 bits per heavy atom. The van der Waals surface area contributed by atoms with Crippen molar-refractivity contribution in [3.8, 4) is 0 Å². The summed E-state index contributed by atoms with van der Waals surface area (Å²) in [6.45, 7) is 2.80. The van der Waals surface area contributed by atoms with E-state index in [2.05, 4.69) is 16.7 Å². The first-order chi connectivity index (χ1) is 8.77. The van der Waals surface area contributed by atoms with E-state index in [1.54, 1.807) is 0 Å². The standard InChI is InChI=1S/C13H16N3O2/c17-13(18)11-8-14-5-6-16(11)12-10-4-2-1-3-9(10)7-15-12/h1-4,11,14-15H,5-8H2,(H,17,18). The third kappa shape index (κ3) is 1.90. The number of rotatable bonds is 2. The second-order valence-corrected chi connectivity index (χ2v) is 4.61. The summed E-state index contributed by atoms with van der Waals surface area (Å²) in [6, 6.07) is 7.63. The van der Waals surface area contributed by atoms with Gasteiger partial charge >= 0.3 is 5.97 Å². The number of benzene rings is 1. The first-order valence-corrected chi connectivity index (χ1v) is 6.16. The molecule has 0 saturated carbocycles. The number of carbonyl (C=O) groups is 1. The molecule has 1 aromatic carbocycles. The van der Waals surface area contributed by atoms with E-state index in [4.69, 9.17) is 0 Å². The second kappa shape index (κ2) is 4.68. The van der Waals surface area contributed by atoms with Crippen molar-refractivity contribution in [1.29, 1.82) is 0 Å². The van der Waals surface area contributed by atoms with Crippen LogP contribution in [0.2, 0.25) is 0 Å². The van der Waals surface area contributed by atoms with Crippen LogP contribution in [0.5, 0.6) is 0 Å². The van der Waals surface area contributed by atoms with Gasteiger partial charge in [-0.2, -0.15) is 0 Å². The fraction of sp³-hybridized carbons (Fsp3) is 0.385. The summed E-state index contributed by atoms with van der Waals surface area (Å²) < 4.78 is 0. The fourth-order valence-electron chi connectivity index (χ4n) is 2.63. The maximum atomic E-state index is 11.3. The van der Waals surface area contributed by atoms with Crippen LogP contribution in [-0.4, -0.2) is 41.7 Å². The minimum absolute atomic E-state index is 0.489. The molecule has 0 amide bonds. The molecule has 1 fully saturated rings. The molecule has 1 aromatic rings. The quantitative estimate of drug-likeness (QED) is 0.685. The number of aliphatic carboxylic acids is 1. The van der Waals surface area contributed by atoms with Crippen molar-refractivity contribution in [2.75, 3.05) is 19.6 Å². The minimum atomic E-state index is -0.777. The number of piperazine rings is 1. The Hall–Kier alpha value is -1.43. The monoisotopic (exact) mass is 246 g/mol. The van der Waals surface area contributed by atoms with E-state index in [9.17, 15) is 9.90 Å². The first-order valence-electron chi connectivity index (χ1n) is 6.16. The molecule has 3 N–H and O–H groups in total. The van der Waals surface area contributed by atoms with Crippen LogP contribution >= 0.6 is 0 Å². The van der Waals surface area contributed by atoms with Gasteiger partial charge in [-0.05, 0) is 11.1 Å². The molecule has 0 aromatic heterocycles. The molecule has 1 saturated heterocycles. The molecule has 0 spiro atoms. The fourth-order valence-corrected chi connectivity index (χ4v) is 2.63. The molecule has 1 unspecified atom stereocenters. The summed E-state index contributed by atoms with van der Waals surface area (Å²) in [4.78, 5) is 13.3. The summed E-state index contributed by atoms with van der Waals surface area (Å²) in [6.07, 6.45) is 0.958. The Kier molecular flexibility index (Phi) is 3.03. The number of hydrogen-bond donors (Lipinski definition) is 3. The van der Waals surface area contributed by atoms with Crippen LogP contribution in [0.15, 0.2) is 24.3 Å². The highest BCUT2D eigenvalue weighted by Gasteiger charge is 2.37. The van der Waals surface area contributed by atoms with Crippen LogP contribution < -0.4 is 10.6 Å². The normalized spacial score (nSPS) is 25.0. The Balaban J connectivity index is 1.88. The number of fused-ring (bicyclic) bond motifs is 1. The second-order valence-electron chi connectivity index (χ2n) is 4.61. The van der Waals surface area contributed by atoms with Crippen LogP contribution in [-0.2, 0) is 11.3 Å². The summed E-state index contributed by atoms with van der Waals surface area (Å²) in [7, 11) is 0. The van der Waals surface area contributed by atoms with Gasteiger partial charge in [0.15, 0.2) is 0 Å². The lowest BCUT2D eigenvalue weighted by atomic mass is 10.1. The molecule has 2 aliphatic rings. The van der Waals surface area contributed by atoms with Gasteiger partial charge < -0.3 is 10.4 Å². The van der Waals surface area contributed by atoms with E-state index in [0.29, 0.717) is 13.1 Å². The molecule has 95 valence electrons. The lowest BCUT2D eigenvalue weighted by Gasteiger charge is -2.37. The Morgan fingerprint density at radius 2 is 2.22 bits per heavy atom. The Morgan fingerprint density at radius 1 is 1.39 bits per heavy atom. The van der Waals surface area contributed by atoms with Crippen molar-refractivity contribution >= 4 is 5.97 Å². The topological polar surface area (TPSA) is 64.6 Å². The summed E-state index contributed by atoms with van der Waals surface area (Å²) in [5.74, 6) is -0.777. The number of carboxylic acids is 1. The van der Waals surface area contributed by atoms with Gasteiger partial charge in [-0.15, -0.1) is 0 Å². The van der Waals surface area contributed by atoms with Crippen LogP contribution in [0, 0.1) is 6.17 Å². The first kappa shape index (κ1) is 11.6. The molecule has 1 atom stereocenters. The summed E-state index contributed by atoms with van der Waals surface area (Å²) >= 11 is 0. The zero-order chi connectivity index (χ0) is 12.5. The smallest absolute Gasteiger partial charge is 0.322 e. The third-order valence-corrected chi connectivity index (χ3v) is 3.53. The van der Waals surface area contributed by atoms with Crippen LogP contribution in [0.4, 0.5) is 0 Å². The van der Waals surface area contributed by atoms with Crippen LogP contribution in [0.3, 0.4) is 0 Å². The summed E-state index contributed by atoms with van der Waals surface area (Å²) in [5, 5.41) is 15.8. The highest BCUT2D eigenvalue weighted by molar-refractivity contribution is 5.74. The zero-order valence-corrected chi connectivity index (χ0v) is 10.0. The number of nitrogens with zero attached hydrogens (tertiary/aromatic N) is 1. The Bertz CT molecular complexity index is 463. The lowest BCUT2D eigenvalue weighted by molar-refractivity contribution is -0.143. The SMILES string of the molecule is O=C(O)C1CNCCN1[C]1NCc2ccccc21. The molecule has 0 aliphatic carbocycles. The highest BCUT2D eigenvalue weighted by Crippen LogP contribution is 2.28. The van der Waals surface area contributed by atoms with Crippen molar-refractivity contribution < 1.29 is 9.90 Å². The van der Waals surface area contributed by atoms with Crippen molar-refractivity contribution in [3.05, 3.63) is 41.6 Å². The van der Waals surface area contributed by atoms with E-state index in [1.807, 2.05) is 23.1 Å². The van der Waals surface area contributed by atoms with Gasteiger partial charge in [0.05, 0.1) is 0 Å². The Labute approximate surface area is 106 Å². The van der Waals surface area contributed by atoms with Crippen molar-refractivity contribution in [2.24, 2.45) is 0 Å². The van der Waals surface area contributed by atoms with Crippen molar-refractivity contribution in [2.45, 2.75) is 12.6 Å². The molecule has 2 heterocycles. The minimum Gasteiger partial charge on any atom is -0.480 e. The van der Waals surface area contributed by atoms with Gasteiger partial charge in [0, 0.05) is 26.2 Å². The molecule has 2 aliphatic heterocycles. The van der Waals surface area contributed by atoms with Crippen LogP contribution in [0.1, 0.15) is 11.1 Å². The molecule has 5 nitrogen and oxygen atoms in total. The van der Waals surface area contributed by atoms with E-state index in [-0.39, 0.29) is 0 Å². The average molecular weight is 246 g/mol. The number of nitrogens with one attached hydrogen (secondary N) is 2.